The molecule has 3 rings (SSSR count). The standard InChI is InChI=1S/C17H23ClN2O.ClH/c18-14-3-1-2-13(10-14)17(11-19)8-6-15(7-9-17)20-16(21)12-4-5-12;/h1-3,10,12,15H,4-9,11,19H2,(H,20,21);1H/t15-,17+;. The molecule has 5 heteroatoms. The summed E-state index contributed by atoms with van der Waals surface area (Å²) in [6.07, 6.45) is 6.16. The quantitative estimate of drug-likeness (QED) is 0.880. The highest BCUT2D eigenvalue weighted by atomic mass is 35.5. The van der Waals surface area contributed by atoms with Crippen molar-refractivity contribution in [2.75, 3.05) is 6.54 Å². The number of amides is 1. The molecule has 3 N–H and O–H groups in total. The fourth-order valence-corrected chi connectivity index (χ4v) is 3.60. The number of carbonyl (C=O) groups excluding carboxylic acids is 1. The molecule has 122 valence electrons. The van der Waals surface area contributed by atoms with Crippen LogP contribution in [0.4, 0.5) is 0 Å². The lowest BCUT2D eigenvalue weighted by Crippen LogP contribution is -2.45. The number of nitrogens with one attached hydrogen (secondary N) is 1. The molecule has 0 heterocycles. The first kappa shape index (κ1) is 17.6. The molecule has 2 fully saturated rings. The van der Waals surface area contributed by atoms with Crippen LogP contribution in [0.25, 0.3) is 0 Å². The van der Waals surface area contributed by atoms with Crippen LogP contribution in [0.15, 0.2) is 24.3 Å². The predicted molar refractivity (Wildman–Crippen MR) is 92.6 cm³/mol. The molecule has 0 radical (unpaired) electrons. The van der Waals surface area contributed by atoms with Crippen LogP contribution in [0.5, 0.6) is 0 Å². The van der Waals surface area contributed by atoms with Gasteiger partial charge in [0, 0.05) is 28.9 Å². The summed E-state index contributed by atoms with van der Waals surface area (Å²) in [5.41, 5.74) is 7.35. The van der Waals surface area contributed by atoms with Gasteiger partial charge in [-0.2, -0.15) is 0 Å². The van der Waals surface area contributed by atoms with E-state index >= 15 is 0 Å². The Kier molecular flexibility index (Phi) is 5.76. The highest BCUT2D eigenvalue weighted by molar-refractivity contribution is 6.30. The number of hydrogen-bond donors (Lipinski definition) is 2. The number of hydrogen-bond acceptors (Lipinski definition) is 2. The van der Waals surface area contributed by atoms with E-state index in [-0.39, 0.29) is 23.7 Å². The van der Waals surface area contributed by atoms with Gasteiger partial charge < -0.3 is 11.1 Å². The highest BCUT2D eigenvalue weighted by Crippen LogP contribution is 2.40. The Bertz CT molecular complexity index is 523. The average Bonchev–Trinajstić information content (AvgIpc) is 3.33. The number of benzene rings is 1. The van der Waals surface area contributed by atoms with E-state index in [2.05, 4.69) is 11.4 Å². The van der Waals surface area contributed by atoms with E-state index in [0.717, 1.165) is 43.5 Å². The van der Waals surface area contributed by atoms with Gasteiger partial charge in [-0.1, -0.05) is 23.7 Å². The Morgan fingerprint density at radius 1 is 1.27 bits per heavy atom. The Morgan fingerprint density at radius 2 is 1.95 bits per heavy atom. The third kappa shape index (κ3) is 3.76. The van der Waals surface area contributed by atoms with Gasteiger partial charge in [0.15, 0.2) is 0 Å². The summed E-state index contributed by atoms with van der Waals surface area (Å²) in [6.45, 7) is 0.636. The lowest BCUT2D eigenvalue weighted by Gasteiger charge is -2.40. The minimum atomic E-state index is 0. The summed E-state index contributed by atoms with van der Waals surface area (Å²) in [5, 5.41) is 3.97. The molecule has 0 aromatic heterocycles. The molecular weight excluding hydrogens is 319 g/mol. The van der Waals surface area contributed by atoms with Crippen molar-refractivity contribution in [3.63, 3.8) is 0 Å². The maximum absolute atomic E-state index is 11.9. The van der Waals surface area contributed by atoms with E-state index in [9.17, 15) is 4.79 Å². The minimum Gasteiger partial charge on any atom is -0.353 e. The second-order valence-electron chi connectivity index (χ2n) is 6.55. The molecule has 0 aliphatic heterocycles. The molecule has 1 aromatic carbocycles. The van der Waals surface area contributed by atoms with Gasteiger partial charge in [0.2, 0.25) is 5.91 Å². The van der Waals surface area contributed by atoms with Crippen molar-refractivity contribution in [3.8, 4) is 0 Å². The predicted octanol–water partition coefficient (Wildman–Crippen LogP) is 3.43. The SMILES string of the molecule is Cl.NC[C@]1(c2cccc(Cl)c2)CC[C@@H](NC(=O)C2CC2)CC1. The molecule has 1 amide bonds. The summed E-state index contributed by atoms with van der Waals surface area (Å²) in [5.74, 6) is 0.544. The van der Waals surface area contributed by atoms with Crippen molar-refractivity contribution >= 4 is 29.9 Å². The molecule has 0 bridgehead atoms. The lowest BCUT2D eigenvalue weighted by atomic mass is 9.68. The van der Waals surface area contributed by atoms with Gasteiger partial charge in [-0.25, -0.2) is 0 Å². The van der Waals surface area contributed by atoms with Gasteiger partial charge in [0.1, 0.15) is 0 Å². The summed E-state index contributed by atoms with van der Waals surface area (Å²) >= 11 is 6.12. The Morgan fingerprint density at radius 3 is 2.50 bits per heavy atom. The third-order valence-electron chi connectivity index (χ3n) is 5.06. The maximum atomic E-state index is 11.9. The fourth-order valence-electron chi connectivity index (χ4n) is 3.41. The van der Waals surface area contributed by atoms with E-state index in [4.69, 9.17) is 17.3 Å². The summed E-state index contributed by atoms with van der Waals surface area (Å²) in [7, 11) is 0. The van der Waals surface area contributed by atoms with E-state index in [0.29, 0.717) is 18.5 Å². The van der Waals surface area contributed by atoms with Crippen molar-refractivity contribution in [1.29, 1.82) is 0 Å². The van der Waals surface area contributed by atoms with Crippen molar-refractivity contribution in [2.24, 2.45) is 11.7 Å². The van der Waals surface area contributed by atoms with E-state index in [1.165, 1.54) is 5.56 Å². The van der Waals surface area contributed by atoms with Crippen molar-refractivity contribution in [3.05, 3.63) is 34.9 Å². The summed E-state index contributed by atoms with van der Waals surface area (Å²) in [6, 6.07) is 8.38. The van der Waals surface area contributed by atoms with Gasteiger partial charge >= 0.3 is 0 Å². The second kappa shape index (κ2) is 7.20. The van der Waals surface area contributed by atoms with Crippen LogP contribution < -0.4 is 11.1 Å². The molecule has 2 aliphatic carbocycles. The number of rotatable bonds is 4. The van der Waals surface area contributed by atoms with E-state index in [1.807, 2.05) is 18.2 Å². The lowest BCUT2D eigenvalue weighted by molar-refractivity contribution is -0.123. The van der Waals surface area contributed by atoms with Crippen molar-refractivity contribution < 1.29 is 4.79 Å². The summed E-state index contributed by atoms with van der Waals surface area (Å²) < 4.78 is 0. The molecule has 0 spiro atoms. The van der Waals surface area contributed by atoms with Gasteiger partial charge in [-0.3, -0.25) is 4.79 Å². The fraction of sp³-hybridized carbons (Fsp3) is 0.588. The maximum Gasteiger partial charge on any atom is 0.223 e. The first-order valence-electron chi connectivity index (χ1n) is 7.89. The number of nitrogens with two attached hydrogens (primary N) is 1. The molecule has 2 saturated carbocycles. The zero-order chi connectivity index (χ0) is 14.9. The zero-order valence-electron chi connectivity index (χ0n) is 12.7. The number of halogens is 2. The topological polar surface area (TPSA) is 55.1 Å². The summed E-state index contributed by atoms with van der Waals surface area (Å²) in [4.78, 5) is 11.9. The van der Waals surface area contributed by atoms with Gasteiger partial charge in [-0.05, 0) is 56.2 Å². The zero-order valence-corrected chi connectivity index (χ0v) is 14.3. The Balaban J connectivity index is 0.00000176. The van der Waals surface area contributed by atoms with Gasteiger partial charge in [0.25, 0.3) is 0 Å². The van der Waals surface area contributed by atoms with Crippen LogP contribution in [-0.4, -0.2) is 18.5 Å². The first-order chi connectivity index (χ1) is 10.1. The normalized spacial score (nSPS) is 27.8. The average molecular weight is 343 g/mol. The van der Waals surface area contributed by atoms with Crippen molar-refractivity contribution in [1.82, 2.24) is 5.32 Å². The smallest absolute Gasteiger partial charge is 0.223 e. The molecule has 0 saturated heterocycles. The first-order valence-corrected chi connectivity index (χ1v) is 8.27. The minimum absolute atomic E-state index is 0. The second-order valence-corrected chi connectivity index (χ2v) is 6.99. The van der Waals surface area contributed by atoms with E-state index < -0.39 is 0 Å². The van der Waals surface area contributed by atoms with Gasteiger partial charge in [-0.15, -0.1) is 12.4 Å². The molecule has 0 unspecified atom stereocenters. The van der Waals surface area contributed by atoms with Crippen LogP contribution in [0, 0.1) is 5.92 Å². The molecular formula is C17H24Cl2N2O. The largest absolute Gasteiger partial charge is 0.353 e. The Labute approximate surface area is 143 Å². The van der Waals surface area contributed by atoms with E-state index in [1.54, 1.807) is 0 Å². The van der Waals surface area contributed by atoms with Crippen LogP contribution in [-0.2, 0) is 10.2 Å². The molecule has 0 atom stereocenters. The van der Waals surface area contributed by atoms with Gasteiger partial charge in [0.05, 0.1) is 0 Å². The number of carbonyl (C=O) groups is 1. The van der Waals surface area contributed by atoms with Crippen LogP contribution in [0.2, 0.25) is 5.02 Å². The van der Waals surface area contributed by atoms with Crippen LogP contribution in [0.3, 0.4) is 0 Å². The third-order valence-corrected chi connectivity index (χ3v) is 5.30. The van der Waals surface area contributed by atoms with Crippen molar-refractivity contribution in [2.45, 2.75) is 50.0 Å². The molecule has 1 aromatic rings. The van der Waals surface area contributed by atoms with Crippen LogP contribution in [0.1, 0.15) is 44.1 Å². The molecule has 22 heavy (non-hydrogen) atoms. The molecule has 2 aliphatic rings. The Hall–Kier alpha value is -0.770. The highest BCUT2D eigenvalue weighted by Gasteiger charge is 2.37. The molecule has 3 nitrogen and oxygen atoms in total. The van der Waals surface area contributed by atoms with Crippen LogP contribution >= 0.6 is 24.0 Å². The monoisotopic (exact) mass is 342 g/mol.